The van der Waals surface area contributed by atoms with Gasteiger partial charge in [0, 0.05) is 13.6 Å². The Kier molecular flexibility index (Phi) is 2.07. The molecule has 0 atom stereocenters. The molecule has 0 fully saturated rings. The van der Waals surface area contributed by atoms with Gasteiger partial charge in [-0.2, -0.15) is 0 Å². The van der Waals surface area contributed by atoms with Gasteiger partial charge >= 0.3 is 12.0 Å². The maximum atomic E-state index is 11.3. The molecular weight excluding hydrogens is 196 g/mol. The van der Waals surface area contributed by atoms with Crippen LogP contribution in [0.25, 0.3) is 0 Å². The number of carbonyl (C=O) groups is 2. The van der Waals surface area contributed by atoms with Crippen LogP contribution >= 0.6 is 0 Å². The Balaban J connectivity index is 2.47. The van der Waals surface area contributed by atoms with Gasteiger partial charge in [-0.25, -0.2) is 9.59 Å². The number of hydrogen-bond donors (Lipinski definition) is 2. The second-order valence-electron chi connectivity index (χ2n) is 3.37. The minimum absolute atomic E-state index is 0.175. The molecule has 15 heavy (non-hydrogen) atoms. The van der Waals surface area contributed by atoms with Gasteiger partial charge in [0.1, 0.15) is 0 Å². The first-order chi connectivity index (χ1) is 7.09. The molecule has 5 nitrogen and oxygen atoms in total. The fourth-order valence-corrected chi connectivity index (χ4v) is 1.59. The molecule has 1 aromatic carbocycles. The molecule has 0 unspecified atom stereocenters. The van der Waals surface area contributed by atoms with E-state index in [1.54, 1.807) is 19.2 Å². The molecule has 2 N–H and O–H groups in total. The Morgan fingerprint density at radius 2 is 2.27 bits per heavy atom. The zero-order valence-electron chi connectivity index (χ0n) is 8.15. The van der Waals surface area contributed by atoms with Crippen molar-refractivity contribution in [2.24, 2.45) is 0 Å². The highest BCUT2D eigenvalue weighted by atomic mass is 16.4. The minimum Gasteiger partial charge on any atom is -0.478 e. The second-order valence-corrected chi connectivity index (χ2v) is 3.37. The number of nitrogens with one attached hydrogen (secondary N) is 1. The van der Waals surface area contributed by atoms with E-state index in [9.17, 15) is 9.59 Å². The molecule has 0 bridgehead atoms. The van der Waals surface area contributed by atoms with Crippen molar-refractivity contribution in [3.05, 3.63) is 29.3 Å². The summed E-state index contributed by atoms with van der Waals surface area (Å²) in [5, 5.41) is 11.5. The van der Waals surface area contributed by atoms with Crippen LogP contribution in [0.5, 0.6) is 0 Å². The van der Waals surface area contributed by atoms with Crippen LogP contribution in [0.15, 0.2) is 18.2 Å². The number of carboxylic acid groups (broad SMARTS) is 1. The molecule has 78 valence electrons. The molecule has 0 saturated carbocycles. The predicted molar refractivity (Wildman–Crippen MR) is 54.0 cm³/mol. The fraction of sp³-hybridized carbons (Fsp3) is 0.200. The maximum absolute atomic E-state index is 11.3. The lowest BCUT2D eigenvalue weighted by atomic mass is 10.1. The number of hydrogen-bond acceptors (Lipinski definition) is 2. The normalized spacial score (nSPS) is 14.5. The molecule has 1 aromatic rings. The van der Waals surface area contributed by atoms with Crippen molar-refractivity contribution in [1.29, 1.82) is 0 Å². The summed E-state index contributed by atoms with van der Waals surface area (Å²) >= 11 is 0. The first kappa shape index (κ1) is 9.51. The molecule has 2 amide bonds. The fourth-order valence-electron chi connectivity index (χ4n) is 1.59. The number of amides is 2. The highest BCUT2D eigenvalue weighted by Gasteiger charge is 2.20. The van der Waals surface area contributed by atoms with Crippen molar-refractivity contribution in [3.63, 3.8) is 0 Å². The van der Waals surface area contributed by atoms with E-state index in [0.717, 1.165) is 11.3 Å². The third-order valence-corrected chi connectivity index (χ3v) is 2.42. The molecular formula is C10H10N2O3. The molecule has 0 spiro atoms. The van der Waals surface area contributed by atoms with Crippen LogP contribution in [0.4, 0.5) is 10.5 Å². The topological polar surface area (TPSA) is 69.6 Å². The van der Waals surface area contributed by atoms with E-state index in [4.69, 9.17) is 5.11 Å². The van der Waals surface area contributed by atoms with Crippen LogP contribution in [0.2, 0.25) is 0 Å². The quantitative estimate of drug-likeness (QED) is 0.721. The predicted octanol–water partition coefficient (Wildman–Crippen LogP) is 1.04. The van der Waals surface area contributed by atoms with Gasteiger partial charge < -0.3 is 10.4 Å². The van der Waals surface area contributed by atoms with Crippen LogP contribution in [0, 0.1) is 0 Å². The van der Waals surface area contributed by atoms with E-state index >= 15 is 0 Å². The number of carbonyl (C=O) groups excluding carboxylic acids is 1. The molecule has 2 rings (SSSR count). The van der Waals surface area contributed by atoms with Gasteiger partial charge in [-0.15, -0.1) is 0 Å². The summed E-state index contributed by atoms with van der Waals surface area (Å²) in [4.78, 5) is 23.5. The maximum Gasteiger partial charge on any atom is 0.335 e. The van der Waals surface area contributed by atoms with Gasteiger partial charge in [-0.1, -0.05) is 0 Å². The van der Waals surface area contributed by atoms with Crippen LogP contribution in [-0.4, -0.2) is 24.2 Å². The molecule has 5 heteroatoms. The van der Waals surface area contributed by atoms with Crippen molar-refractivity contribution >= 4 is 17.7 Å². The van der Waals surface area contributed by atoms with E-state index in [1.165, 1.54) is 11.0 Å². The van der Waals surface area contributed by atoms with Crippen molar-refractivity contribution in [1.82, 2.24) is 5.32 Å². The second kappa shape index (κ2) is 3.27. The molecule has 0 radical (unpaired) electrons. The number of rotatable bonds is 1. The summed E-state index contributed by atoms with van der Waals surface area (Å²) in [7, 11) is 1.65. The zero-order chi connectivity index (χ0) is 11.0. The molecule has 1 aliphatic rings. The average molecular weight is 206 g/mol. The smallest absolute Gasteiger partial charge is 0.335 e. The van der Waals surface area contributed by atoms with Crippen molar-refractivity contribution in [2.75, 3.05) is 11.9 Å². The highest BCUT2D eigenvalue weighted by Crippen LogP contribution is 2.24. The van der Waals surface area contributed by atoms with Crippen LogP contribution in [-0.2, 0) is 6.54 Å². The standard InChI is InChI=1S/C10H10N2O3/c1-12-8-3-2-6(9(13)14)4-7(8)5-11-10(12)15/h2-4H,5H2,1H3,(H,11,15)(H,13,14). The molecule has 1 heterocycles. The van der Waals surface area contributed by atoms with Crippen molar-refractivity contribution < 1.29 is 14.7 Å². The molecule has 0 aliphatic carbocycles. The summed E-state index contributed by atoms with van der Waals surface area (Å²) in [6.45, 7) is 0.375. The van der Waals surface area contributed by atoms with Gasteiger partial charge in [0.25, 0.3) is 0 Å². The number of nitrogens with zero attached hydrogens (tertiary/aromatic N) is 1. The summed E-state index contributed by atoms with van der Waals surface area (Å²) < 4.78 is 0. The van der Waals surface area contributed by atoms with E-state index in [0.29, 0.717) is 6.54 Å². The Morgan fingerprint density at radius 1 is 1.53 bits per heavy atom. The summed E-state index contributed by atoms with van der Waals surface area (Å²) in [6, 6.07) is 4.55. The van der Waals surface area contributed by atoms with Gasteiger partial charge in [0.2, 0.25) is 0 Å². The number of fused-ring (bicyclic) bond motifs is 1. The third-order valence-electron chi connectivity index (χ3n) is 2.42. The van der Waals surface area contributed by atoms with Crippen molar-refractivity contribution in [2.45, 2.75) is 6.54 Å². The Bertz CT molecular complexity index is 442. The van der Waals surface area contributed by atoms with E-state index in [-0.39, 0.29) is 11.6 Å². The van der Waals surface area contributed by atoms with Gasteiger partial charge in [0.15, 0.2) is 0 Å². The molecule has 0 saturated heterocycles. The highest BCUT2D eigenvalue weighted by molar-refractivity contribution is 5.96. The van der Waals surface area contributed by atoms with Crippen molar-refractivity contribution in [3.8, 4) is 0 Å². The monoisotopic (exact) mass is 206 g/mol. The van der Waals surface area contributed by atoms with Crippen LogP contribution < -0.4 is 10.2 Å². The van der Waals surface area contributed by atoms with Gasteiger partial charge in [-0.3, -0.25) is 4.90 Å². The Hall–Kier alpha value is -2.04. The Labute approximate surface area is 86.3 Å². The SMILES string of the molecule is CN1C(=O)NCc2cc(C(=O)O)ccc21. The zero-order valence-corrected chi connectivity index (χ0v) is 8.15. The largest absolute Gasteiger partial charge is 0.478 e. The number of benzene rings is 1. The lowest BCUT2D eigenvalue weighted by molar-refractivity contribution is 0.0697. The minimum atomic E-state index is -0.961. The van der Waals surface area contributed by atoms with Crippen LogP contribution in [0.3, 0.4) is 0 Å². The number of anilines is 1. The van der Waals surface area contributed by atoms with E-state index < -0.39 is 5.97 Å². The first-order valence-electron chi connectivity index (χ1n) is 4.47. The summed E-state index contributed by atoms with van der Waals surface area (Å²) in [6.07, 6.45) is 0. The number of carboxylic acids is 1. The summed E-state index contributed by atoms with van der Waals surface area (Å²) in [5.41, 5.74) is 1.80. The number of aromatic carboxylic acids is 1. The Morgan fingerprint density at radius 3 is 2.93 bits per heavy atom. The van der Waals surface area contributed by atoms with Crippen LogP contribution in [0.1, 0.15) is 15.9 Å². The van der Waals surface area contributed by atoms with E-state index in [2.05, 4.69) is 5.32 Å². The van der Waals surface area contributed by atoms with Gasteiger partial charge in [-0.05, 0) is 23.8 Å². The third kappa shape index (κ3) is 1.52. The molecule has 1 aliphatic heterocycles. The van der Waals surface area contributed by atoms with Gasteiger partial charge in [0.05, 0.1) is 11.3 Å². The lowest BCUT2D eigenvalue weighted by Gasteiger charge is -2.26. The summed E-state index contributed by atoms with van der Waals surface area (Å²) in [5.74, 6) is -0.961. The lowest BCUT2D eigenvalue weighted by Crippen LogP contribution is -2.41. The number of urea groups is 1. The molecule has 0 aromatic heterocycles. The average Bonchev–Trinajstić information content (AvgIpc) is 2.23. The first-order valence-corrected chi connectivity index (χ1v) is 4.47. The van der Waals surface area contributed by atoms with E-state index in [1.807, 2.05) is 0 Å².